The van der Waals surface area contributed by atoms with Crippen molar-refractivity contribution in [2.45, 2.75) is 38.4 Å². The Balaban J connectivity index is 2.21. The Morgan fingerprint density at radius 3 is 2.41 bits per heavy atom. The lowest BCUT2D eigenvalue weighted by Gasteiger charge is -2.33. The summed E-state index contributed by atoms with van der Waals surface area (Å²) in [5.74, 6) is -2.01. The molecule has 1 aliphatic heterocycles. The van der Waals surface area contributed by atoms with Crippen molar-refractivity contribution in [3.63, 3.8) is 0 Å². The van der Waals surface area contributed by atoms with Gasteiger partial charge in [0.2, 0.25) is 0 Å². The molecule has 0 aliphatic carbocycles. The van der Waals surface area contributed by atoms with Crippen molar-refractivity contribution in [2.24, 2.45) is 0 Å². The number of anilines is 1. The zero-order chi connectivity index (χ0) is 16.5. The molecular weight excluding hydrogens is 286 g/mol. The van der Waals surface area contributed by atoms with E-state index in [2.05, 4.69) is 20.8 Å². The zero-order valence-corrected chi connectivity index (χ0v) is 12.9. The van der Waals surface area contributed by atoms with Crippen LogP contribution in [0.2, 0.25) is 0 Å². The Labute approximate surface area is 129 Å². The van der Waals surface area contributed by atoms with Gasteiger partial charge in [0.15, 0.2) is 12.2 Å². The van der Waals surface area contributed by atoms with Gasteiger partial charge in [-0.1, -0.05) is 32.9 Å². The molecule has 0 saturated carbocycles. The SMILES string of the molecule is CC(C)(C)c1ccc(N2CCO[C@H]([C@@H](O)C(=O)O)C2=O)cc1. The van der Waals surface area contributed by atoms with Crippen LogP contribution in [0.3, 0.4) is 0 Å². The van der Waals surface area contributed by atoms with Crippen LogP contribution in [0.1, 0.15) is 26.3 Å². The molecule has 0 aromatic heterocycles. The normalized spacial score (nSPS) is 20.8. The fourth-order valence-corrected chi connectivity index (χ4v) is 2.36. The third-order valence-electron chi connectivity index (χ3n) is 3.71. The smallest absolute Gasteiger partial charge is 0.335 e. The summed E-state index contributed by atoms with van der Waals surface area (Å²) in [6.07, 6.45) is -3.22. The number of ether oxygens (including phenoxy) is 1. The maximum Gasteiger partial charge on any atom is 0.335 e. The number of morpholine rings is 1. The molecule has 1 aromatic rings. The minimum absolute atomic E-state index is 0.00951. The summed E-state index contributed by atoms with van der Waals surface area (Å²) < 4.78 is 5.12. The Bertz CT molecular complexity index is 561. The van der Waals surface area contributed by atoms with E-state index in [0.29, 0.717) is 12.2 Å². The quantitative estimate of drug-likeness (QED) is 0.875. The first kappa shape index (κ1) is 16.5. The summed E-state index contributed by atoms with van der Waals surface area (Å²) in [7, 11) is 0. The molecule has 6 nitrogen and oxygen atoms in total. The number of hydrogen-bond donors (Lipinski definition) is 2. The van der Waals surface area contributed by atoms with E-state index < -0.39 is 24.1 Å². The van der Waals surface area contributed by atoms with E-state index in [9.17, 15) is 14.7 Å². The number of aliphatic hydroxyl groups excluding tert-OH is 1. The molecule has 1 aromatic carbocycles. The van der Waals surface area contributed by atoms with E-state index in [1.807, 2.05) is 24.3 Å². The molecule has 1 saturated heterocycles. The molecule has 0 unspecified atom stereocenters. The molecule has 0 spiro atoms. The molecule has 0 radical (unpaired) electrons. The molecule has 2 atom stereocenters. The highest BCUT2D eigenvalue weighted by Gasteiger charge is 2.39. The van der Waals surface area contributed by atoms with E-state index >= 15 is 0 Å². The lowest BCUT2D eigenvalue weighted by atomic mass is 9.87. The number of benzene rings is 1. The standard InChI is InChI=1S/C16H21NO5/c1-16(2,3)10-4-6-11(7-5-10)17-8-9-22-13(14(17)19)12(18)15(20)21/h4-7,12-13,18H,8-9H2,1-3H3,(H,20,21)/t12-,13-/m1/s1. The van der Waals surface area contributed by atoms with Gasteiger partial charge < -0.3 is 19.8 Å². The lowest BCUT2D eigenvalue weighted by Crippen LogP contribution is -2.54. The summed E-state index contributed by atoms with van der Waals surface area (Å²) in [6.45, 7) is 6.81. The van der Waals surface area contributed by atoms with Crippen LogP contribution >= 0.6 is 0 Å². The van der Waals surface area contributed by atoms with Crippen LogP contribution in [0.5, 0.6) is 0 Å². The van der Waals surface area contributed by atoms with Gasteiger partial charge in [-0.05, 0) is 23.1 Å². The second kappa shape index (κ2) is 6.06. The molecular formula is C16H21NO5. The van der Waals surface area contributed by atoms with Gasteiger partial charge in [-0.15, -0.1) is 0 Å². The maximum absolute atomic E-state index is 12.3. The van der Waals surface area contributed by atoms with Crippen molar-refractivity contribution in [1.29, 1.82) is 0 Å². The average Bonchev–Trinajstić information content (AvgIpc) is 2.46. The molecule has 1 amide bonds. The van der Waals surface area contributed by atoms with Crippen molar-refractivity contribution >= 4 is 17.6 Å². The number of carboxylic acids is 1. The lowest BCUT2D eigenvalue weighted by molar-refractivity contribution is -0.163. The van der Waals surface area contributed by atoms with Crippen LogP contribution in [0.25, 0.3) is 0 Å². The number of hydrogen-bond acceptors (Lipinski definition) is 4. The molecule has 2 rings (SSSR count). The van der Waals surface area contributed by atoms with E-state index in [4.69, 9.17) is 9.84 Å². The highest BCUT2D eigenvalue weighted by molar-refractivity contribution is 6.00. The highest BCUT2D eigenvalue weighted by Crippen LogP contribution is 2.26. The van der Waals surface area contributed by atoms with E-state index in [-0.39, 0.29) is 12.0 Å². The minimum atomic E-state index is -1.86. The number of carbonyl (C=O) groups is 2. The minimum Gasteiger partial charge on any atom is -0.479 e. The van der Waals surface area contributed by atoms with E-state index in [1.165, 1.54) is 4.90 Å². The Morgan fingerprint density at radius 2 is 1.91 bits per heavy atom. The van der Waals surface area contributed by atoms with Crippen molar-refractivity contribution in [3.05, 3.63) is 29.8 Å². The summed E-state index contributed by atoms with van der Waals surface area (Å²) in [6, 6.07) is 7.55. The summed E-state index contributed by atoms with van der Waals surface area (Å²) in [4.78, 5) is 24.6. The van der Waals surface area contributed by atoms with Gasteiger partial charge in [-0.3, -0.25) is 4.79 Å². The predicted molar refractivity (Wildman–Crippen MR) is 80.9 cm³/mol. The van der Waals surface area contributed by atoms with Gasteiger partial charge >= 0.3 is 5.97 Å². The van der Waals surface area contributed by atoms with Crippen molar-refractivity contribution in [3.8, 4) is 0 Å². The third kappa shape index (κ3) is 3.28. The number of carboxylic acid groups (broad SMARTS) is 1. The van der Waals surface area contributed by atoms with E-state index in [1.54, 1.807) is 0 Å². The fourth-order valence-electron chi connectivity index (χ4n) is 2.36. The third-order valence-corrected chi connectivity index (χ3v) is 3.71. The molecule has 1 aliphatic rings. The van der Waals surface area contributed by atoms with Crippen molar-refractivity contribution < 1.29 is 24.5 Å². The summed E-state index contributed by atoms with van der Waals surface area (Å²) in [5, 5.41) is 18.4. The molecule has 1 heterocycles. The summed E-state index contributed by atoms with van der Waals surface area (Å²) >= 11 is 0. The highest BCUT2D eigenvalue weighted by atomic mass is 16.5. The molecule has 120 valence electrons. The van der Waals surface area contributed by atoms with Gasteiger partial charge in [0.05, 0.1) is 6.61 Å². The van der Waals surface area contributed by atoms with E-state index in [0.717, 1.165) is 5.56 Å². The molecule has 0 bridgehead atoms. The first-order chi connectivity index (χ1) is 10.2. The van der Waals surface area contributed by atoms with Crippen molar-refractivity contribution in [2.75, 3.05) is 18.1 Å². The number of nitrogens with zero attached hydrogens (tertiary/aromatic N) is 1. The first-order valence-corrected chi connectivity index (χ1v) is 7.16. The topological polar surface area (TPSA) is 87.1 Å². The van der Waals surface area contributed by atoms with Crippen LogP contribution in [0, 0.1) is 0 Å². The second-order valence-corrected chi connectivity index (χ2v) is 6.36. The molecule has 1 fully saturated rings. The van der Waals surface area contributed by atoms with Gasteiger partial charge in [0.25, 0.3) is 5.91 Å². The predicted octanol–water partition coefficient (Wildman–Crippen LogP) is 1.16. The zero-order valence-electron chi connectivity index (χ0n) is 12.9. The number of amides is 1. The Morgan fingerprint density at radius 1 is 1.32 bits per heavy atom. The number of rotatable bonds is 3. The second-order valence-electron chi connectivity index (χ2n) is 6.36. The Kier molecular flexibility index (Phi) is 4.53. The van der Waals surface area contributed by atoms with Crippen LogP contribution in [0.4, 0.5) is 5.69 Å². The number of aliphatic hydroxyl groups is 1. The number of aliphatic carboxylic acids is 1. The van der Waals surface area contributed by atoms with Crippen LogP contribution in [-0.2, 0) is 19.7 Å². The van der Waals surface area contributed by atoms with Gasteiger partial charge in [-0.25, -0.2) is 4.79 Å². The summed E-state index contributed by atoms with van der Waals surface area (Å²) in [5.41, 5.74) is 1.82. The largest absolute Gasteiger partial charge is 0.479 e. The average molecular weight is 307 g/mol. The monoisotopic (exact) mass is 307 g/mol. The number of carbonyl (C=O) groups excluding carboxylic acids is 1. The van der Waals surface area contributed by atoms with Crippen LogP contribution < -0.4 is 4.90 Å². The molecule has 22 heavy (non-hydrogen) atoms. The van der Waals surface area contributed by atoms with Gasteiger partial charge in [-0.2, -0.15) is 0 Å². The first-order valence-electron chi connectivity index (χ1n) is 7.16. The maximum atomic E-state index is 12.3. The van der Waals surface area contributed by atoms with Crippen molar-refractivity contribution in [1.82, 2.24) is 0 Å². The van der Waals surface area contributed by atoms with Crippen LogP contribution in [0.15, 0.2) is 24.3 Å². The molecule has 2 N–H and O–H groups in total. The van der Waals surface area contributed by atoms with Gasteiger partial charge in [0.1, 0.15) is 0 Å². The van der Waals surface area contributed by atoms with Gasteiger partial charge in [0, 0.05) is 12.2 Å². The Hall–Kier alpha value is -1.92. The molecule has 6 heteroatoms. The van der Waals surface area contributed by atoms with Crippen LogP contribution in [-0.4, -0.2) is 47.4 Å². The fraction of sp³-hybridized carbons (Fsp3) is 0.500.